The Morgan fingerprint density at radius 2 is 1.80 bits per heavy atom. The van der Waals surface area contributed by atoms with Crippen LogP contribution in [0.3, 0.4) is 0 Å². The Balaban J connectivity index is 1.33. The van der Waals surface area contributed by atoms with E-state index in [1.54, 1.807) is 12.1 Å². The number of para-hydroxylation sites is 1. The third kappa shape index (κ3) is 6.55. The molecule has 1 saturated heterocycles. The summed E-state index contributed by atoms with van der Waals surface area (Å²) in [5.74, 6) is -0.0828. The van der Waals surface area contributed by atoms with Crippen LogP contribution in [-0.4, -0.2) is 49.2 Å². The van der Waals surface area contributed by atoms with Crippen molar-refractivity contribution in [2.24, 2.45) is 5.73 Å². The number of amides is 2. The van der Waals surface area contributed by atoms with Crippen LogP contribution in [0.2, 0.25) is 0 Å². The number of anilines is 1. The quantitative estimate of drug-likeness (QED) is 0.571. The van der Waals surface area contributed by atoms with Gasteiger partial charge in [0.25, 0.3) is 5.91 Å². The zero-order chi connectivity index (χ0) is 21.3. The number of halogens is 1. The molecule has 4 N–H and O–H groups in total. The fourth-order valence-corrected chi connectivity index (χ4v) is 3.71. The Kier molecular flexibility index (Phi) is 8.24. The van der Waals surface area contributed by atoms with Crippen molar-refractivity contribution in [2.75, 3.05) is 31.5 Å². The highest BCUT2D eigenvalue weighted by Gasteiger charge is 2.22. The molecule has 1 heterocycles. The van der Waals surface area contributed by atoms with E-state index in [1.165, 1.54) is 0 Å². The molecule has 0 aliphatic carbocycles. The average Bonchev–Trinajstić information content (AvgIpc) is 2.76. The molecule has 2 aromatic carbocycles. The van der Waals surface area contributed by atoms with Crippen LogP contribution in [0, 0.1) is 0 Å². The Labute approximate surface area is 185 Å². The van der Waals surface area contributed by atoms with Gasteiger partial charge in [-0.25, -0.2) is 4.79 Å². The van der Waals surface area contributed by atoms with Gasteiger partial charge in [-0.1, -0.05) is 24.3 Å². The number of hydrogen-bond acceptors (Lipinski definition) is 5. The zero-order valence-electron chi connectivity index (χ0n) is 16.8. The third-order valence-electron chi connectivity index (χ3n) is 5.08. The van der Waals surface area contributed by atoms with Gasteiger partial charge in [0, 0.05) is 42.8 Å². The van der Waals surface area contributed by atoms with Crippen molar-refractivity contribution in [3.8, 4) is 0 Å². The molecule has 160 valence electrons. The van der Waals surface area contributed by atoms with E-state index in [-0.39, 0.29) is 12.0 Å². The summed E-state index contributed by atoms with van der Waals surface area (Å²) in [5, 5.41) is 5.71. The van der Waals surface area contributed by atoms with Crippen LogP contribution in [-0.2, 0) is 11.3 Å². The number of rotatable bonds is 7. The van der Waals surface area contributed by atoms with Gasteiger partial charge < -0.3 is 20.7 Å². The first kappa shape index (κ1) is 22.3. The predicted octanol–water partition coefficient (Wildman–Crippen LogP) is 3.35. The number of hydrogen-bond donors (Lipinski definition) is 3. The number of nitrogens with two attached hydrogens (primary N) is 1. The topological polar surface area (TPSA) is 96.7 Å². The smallest absolute Gasteiger partial charge is 0.411 e. The average molecular weight is 475 g/mol. The van der Waals surface area contributed by atoms with E-state index in [9.17, 15) is 9.59 Å². The van der Waals surface area contributed by atoms with Gasteiger partial charge in [-0.3, -0.25) is 10.1 Å². The maximum Gasteiger partial charge on any atom is 0.411 e. The number of benzene rings is 2. The Morgan fingerprint density at radius 1 is 1.10 bits per heavy atom. The van der Waals surface area contributed by atoms with E-state index >= 15 is 0 Å². The largest absolute Gasteiger partial charge is 0.446 e. The molecular formula is C22H27BrN4O3. The van der Waals surface area contributed by atoms with Crippen molar-refractivity contribution in [3.05, 3.63) is 64.1 Å². The molecule has 0 atom stereocenters. The van der Waals surface area contributed by atoms with Crippen LogP contribution in [0.15, 0.2) is 53.0 Å². The number of ether oxygens (including phenoxy) is 1. The number of piperidine rings is 1. The van der Waals surface area contributed by atoms with E-state index in [0.29, 0.717) is 24.3 Å². The summed E-state index contributed by atoms with van der Waals surface area (Å²) in [7, 11) is 0. The summed E-state index contributed by atoms with van der Waals surface area (Å²) in [6.45, 7) is 3.46. The standard InChI is InChI=1S/C22H27BrN4O3/c23-19-3-1-2-4-20(19)26-22(29)30-18-9-12-27(13-10-18)14-11-25-21(28)17-7-5-16(15-24)6-8-17/h1-8,18H,9-15,24H2,(H,25,28)(H,26,29). The van der Waals surface area contributed by atoms with Gasteiger partial charge in [-0.15, -0.1) is 0 Å². The molecular weight excluding hydrogens is 448 g/mol. The molecule has 0 unspecified atom stereocenters. The van der Waals surface area contributed by atoms with Crippen molar-refractivity contribution in [2.45, 2.75) is 25.5 Å². The molecule has 8 heteroatoms. The molecule has 0 bridgehead atoms. The fourth-order valence-electron chi connectivity index (χ4n) is 3.33. The summed E-state index contributed by atoms with van der Waals surface area (Å²) < 4.78 is 6.36. The maximum absolute atomic E-state index is 12.2. The molecule has 3 rings (SSSR count). The molecule has 1 aliphatic rings. The van der Waals surface area contributed by atoms with E-state index in [0.717, 1.165) is 42.5 Å². The van der Waals surface area contributed by atoms with Crippen LogP contribution >= 0.6 is 15.9 Å². The molecule has 1 aliphatic heterocycles. The van der Waals surface area contributed by atoms with E-state index in [2.05, 4.69) is 31.5 Å². The predicted molar refractivity (Wildman–Crippen MR) is 120 cm³/mol. The molecule has 2 aromatic rings. The highest BCUT2D eigenvalue weighted by molar-refractivity contribution is 9.10. The van der Waals surface area contributed by atoms with Crippen LogP contribution in [0.1, 0.15) is 28.8 Å². The van der Waals surface area contributed by atoms with Crippen molar-refractivity contribution in [3.63, 3.8) is 0 Å². The second-order valence-corrected chi connectivity index (χ2v) is 8.06. The van der Waals surface area contributed by atoms with Gasteiger partial charge in [0.15, 0.2) is 0 Å². The summed E-state index contributed by atoms with van der Waals surface area (Å²) >= 11 is 3.40. The van der Waals surface area contributed by atoms with Crippen LogP contribution in [0.4, 0.5) is 10.5 Å². The van der Waals surface area contributed by atoms with Gasteiger partial charge in [0.1, 0.15) is 6.10 Å². The lowest BCUT2D eigenvalue weighted by molar-refractivity contribution is 0.0587. The Morgan fingerprint density at radius 3 is 2.47 bits per heavy atom. The van der Waals surface area contributed by atoms with E-state index in [1.807, 2.05) is 36.4 Å². The second-order valence-electron chi connectivity index (χ2n) is 7.21. The van der Waals surface area contributed by atoms with Crippen molar-refractivity contribution >= 4 is 33.6 Å². The first-order valence-corrected chi connectivity index (χ1v) is 10.9. The first-order chi connectivity index (χ1) is 14.5. The molecule has 1 fully saturated rings. The minimum absolute atomic E-state index is 0.0828. The summed E-state index contributed by atoms with van der Waals surface area (Å²) in [6.07, 6.45) is 1.02. The van der Waals surface area contributed by atoms with Gasteiger partial charge in [0.05, 0.1) is 5.69 Å². The summed E-state index contributed by atoms with van der Waals surface area (Å²) in [5.41, 5.74) is 7.90. The fraction of sp³-hybridized carbons (Fsp3) is 0.364. The lowest BCUT2D eigenvalue weighted by Gasteiger charge is -2.31. The molecule has 0 saturated carbocycles. The van der Waals surface area contributed by atoms with E-state index in [4.69, 9.17) is 10.5 Å². The van der Waals surface area contributed by atoms with Gasteiger partial charge in [0.2, 0.25) is 0 Å². The summed E-state index contributed by atoms with van der Waals surface area (Å²) in [6, 6.07) is 14.7. The zero-order valence-corrected chi connectivity index (χ0v) is 18.4. The maximum atomic E-state index is 12.2. The number of nitrogens with one attached hydrogen (secondary N) is 2. The van der Waals surface area contributed by atoms with Gasteiger partial charge >= 0.3 is 6.09 Å². The third-order valence-corrected chi connectivity index (χ3v) is 5.78. The molecule has 0 aromatic heterocycles. The van der Waals surface area contributed by atoms with Crippen LogP contribution in [0.25, 0.3) is 0 Å². The van der Waals surface area contributed by atoms with E-state index < -0.39 is 6.09 Å². The minimum Gasteiger partial charge on any atom is -0.446 e. The lowest BCUT2D eigenvalue weighted by atomic mass is 10.1. The Hall–Kier alpha value is -2.42. The SMILES string of the molecule is NCc1ccc(C(=O)NCCN2CCC(OC(=O)Nc3ccccc3Br)CC2)cc1. The normalized spacial score (nSPS) is 14.9. The molecule has 0 spiro atoms. The number of likely N-dealkylation sites (tertiary alicyclic amines) is 1. The van der Waals surface area contributed by atoms with Crippen LogP contribution in [0.5, 0.6) is 0 Å². The monoisotopic (exact) mass is 474 g/mol. The number of nitrogens with zero attached hydrogens (tertiary/aromatic N) is 1. The van der Waals surface area contributed by atoms with Crippen LogP contribution < -0.4 is 16.4 Å². The van der Waals surface area contributed by atoms with Crippen molar-refractivity contribution in [1.29, 1.82) is 0 Å². The van der Waals surface area contributed by atoms with Gasteiger partial charge in [-0.05, 0) is 58.6 Å². The second kappa shape index (κ2) is 11.1. The van der Waals surface area contributed by atoms with Gasteiger partial charge in [-0.2, -0.15) is 0 Å². The van der Waals surface area contributed by atoms with Crippen molar-refractivity contribution < 1.29 is 14.3 Å². The highest BCUT2D eigenvalue weighted by atomic mass is 79.9. The number of carbonyl (C=O) groups excluding carboxylic acids is 2. The summed E-state index contributed by atoms with van der Waals surface area (Å²) in [4.78, 5) is 26.6. The minimum atomic E-state index is -0.437. The lowest BCUT2D eigenvalue weighted by Crippen LogP contribution is -2.42. The Bertz CT molecular complexity index is 852. The molecule has 0 radical (unpaired) electrons. The first-order valence-electron chi connectivity index (χ1n) is 10.1. The molecule has 7 nitrogen and oxygen atoms in total. The molecule has 30 heavy (non-hydrogen) atoms. The van der Waals surface area contributed by atoms with Crippen molar-refractivity contribution in [1.82, 2.24) is 10.2 Å². The molecule has 2 amide bonds. The highest BCUT2D eigenvalue weighted by Crippen LogP contribution is 2.22. The number of carbonyl (C=O) groups is 2.